The average Bonchev–Trinajstić information content (AvgIpc) is 3.78. The highest BCUT2D eigenvalue weighted by Gasteiger charge is 2.42. The summed E-state index contributed by atoms with van der Waals surface area (Å²) in [5.41, 5.74) is 5.68. The third-order valence-corrected chi connectivity index (χ3v) is 10.3. The lowest BCUT2D eigenvalue weighted by molar-refractivity contribution is -0.141. The van der Waals surface area contributed by atoms with Crippen LogP contribution in [0.4, 0.5) is 0 Å². The van der Waals surface area contributed by atoms with Crippen molar-refractivity contribution in [1.29, 1.82) is 0 Å². The van der Waals surface area contributed by atoms with Crippen LogP contribution in [-0.2, 0) is 21.6 Å². The molecule has 224 valence electrons. The Balaban J connectivity index is 1.35. The number of pyridine rings is 1. The van der Waals surface area contributed by atoms with Crippen LogP contribution in [0.15, 0.2) is 78.9 Å². The SMILES string of the molecule is COC(=O)CCC1(CS[C@@H](CCc2ccccc2C(C)(C)O)c2cccc(/C=C/c3ccc4ccc(Cl)cc4n3)c2)CC1. The third-order valence-electron chi connectivity index (χ3n) is 8.39. The largest absolute Gasteiger partial charge is 0.469 e. The number of aromatic nitrogens is 1. The van der Waals surface area contributed by atoms with Crippen LogP contribution in [-0.4, -0.2) is 28.9 Å². The first-order valence-electron chi connectivity index (χ1n) is 15.0. The van der Waals surface area contributed by atoms with Gasteiger partial charge in [-0.05, 0) is 104 Å². The molecule has 1 atom stereocenters. The number of hydrogen-bond donors (Lipinski definition) is 1. The maximum absolute atomic E-state index is 11.8. The van der Waals surface area contributed by atoms with Crippen LogP contribution in [0.25, 0.3) is 23.1 Å². The number of nitrogens with zero attached hydrogens (tertiary/aromatic N) is 1. The van der Waals surface area contributed by atoms with Crippen LogP contribution >= 0.6 is 23.4 Å². The number of esters is 1. The van der Waals surface area contributed by atoms with E-state index < -0.39 is 5.60 Å². The second-order valence-corrected chi connectivity index (χ2v) is 13.8. The Labute approximate surface area is 264 Å². The fraction of sp³-hybridized carbons (Fsp3) is 0.351. The lowest BCUT2D eigenvalue weighted by Crippen LogP contribution is -2.18. The van der Waals surface area contributed by atoms with Gasteiger partial charge >= 0.3 is 5.97 Å². The Morgan fingerprint density at radius 2 is 1.86 bits per heavy atom. The first-order chi connectivity index (χ1) is 20.6. The Morgan fingerprint density at radius 1 is 1.07 bits per heavy atom. The number of hydrogen-bond acceptors (Lipinski definition) is 5. The summed E-state index contributed by atoms with van der Waals surface area (Å²) >= 11 is 8.19. The molecule has 0 spiro atoms. The minimum absolute atomic E-state index is 0.125. The predicted molar refractivity (Wildman–Crippen MR) is 180 cm³/mol. The minimum Gasteiger partial charge on any atom is -0.469 e. The van der Waals surface area contributed by atoms with Crippen molar-refractivity contribution in [2.75, 3.05) is 12.9 Å². The number of fused-ring (bicyclic) bond motifs is 1. The van der Waals surface area contributed by atoms with Gasteiger partial charge in [0, 0.05) is 22.1 Å². The zero-order valence-corrected chi connectivity index (χ0v) is 26.8. The highest BCUT2D eigenvalue weighted by molar-refractivity contribution is 7.99. The Hall–Kier alpha value is -3.12. The second-order valence-electron chi connectivity index (χ2n) is 12.2. The van der Waals surface area contributed by atoms with Gasteiger partial charge in [0.15, 0.2) is 0 Å². The molecule has 0 amide bonds. The molecule has 1 aliphatic carbocycles. The van der Waals surface area contributed by atoms with E-state index in [1.807, 2.05) is 68.1 Å². The van der Waals surface area contributed by atoms with Crippen LogP contribution in [0.2, 0.25) is 5.02 Å². The van der Waals surface area contributed by atoms with E-state index in [0.717, 1.165) is 65.6 Å². The van der Waals surface area contributed by atoms with Crippen LogP contribution in [0.5, 0.6) is 0 Å². The Kier molecular flexibility index (Phi) is 9.95. The van der Waals surface area contributed by atoms with Crippen molar-refractivity contribution < 1.29 is 14.6 Å². The molecule has 1 aliphatic rings. The molecule has 3 aromatic carbocycles. The summed E-state index contributed by atoms with van der Waals surface area (Å²) in [5.74, 6) is 0.894. The smallest absolute Gasteiger partial charge is 0.305 e. The van der Waals surface area contributed by atoms with Gasteiger partial charge in [-0.3, -0.25) is 4.79 Å². The first-order valence-corrected chi connectivity index (χ1v) is 16.4. The molecule has 43 heavy (non-hydrogen) atoms. The van der Waals surface area contributed by atoms with Crippen molar-refractivity contribution in [2.45, 2.75) is 63.2 Å². The van der Waals surface area contributed by atoms with Crippen molar-refractivity contribution in [2.24, 2.45) is 5.41 Å². The summed E-state index contributed by atoms with van der Waals surface area (Å²) in [6, 6.07) is 26.8. The van der Waals surface area contributed by atoms with E-state index >= 15 is 0 Å². The molecular formula is C37H40ClNO3S. The van der Waals surface area contributed by atoms with E-state index in [9.17, 15) is 9.90 Å². The fourth-order valence-corrected chi connectivity index (χ4v) is 7.38. The van der Waals surface area contributed by atoms with E-state index in [2.05, 4.69) is 48.5 Å². The van der Waals surface area contributed by atoms with Crippen molar-refractivity contribution >= 4 is 52.4 Å². The molecule has 0 saturated heterocycles. The highest BCUT2D eigenvalue weighted by atomic mass is 35.5. The molecule has 0 radical (unpaired) electrons. The number of thioether (sulfide) groups is 1. The minimum atomic E-state index is -0.891. The first kappa shape index (κ1) is 31.3. The fourth-order valence-electron chi connectivity index (χ4n) is 5.60. The number of carbonyl (C=O) groups excluding carboxylic acids is 1. The monoisotopic (exact) mass is 613 g/mol. The van der Waals surface area contributed by atoms with Crippen LogP contribution in [0.1, 0.15) is 79.1 Å². The average molecular weight is 614 g/mol. The molecule has 1 heterocycles. The van der Waals surface area contributed by atoms with Crippen molar-refractivity contribution in [3.8, 4) is 0 Å². The molecule has 1 saturated carbocycles. The van der Waals surface area contributed by atoms with Gasteiger partial charge in [-0.1, -0.05) is 78.3 Å². The number of methoxy groups -OCH3 is 1. The van der Waals surface area contributed by atoms with Gasteiger partial charge in [0.1, 0.15) is 0 Å². The zero-order chi connectivity index (χ0) is 30.5. The maximum Gasteiger partial charge on any atom is 0.305 e. The van der Waals surface area contributed by atoms with E-state index in [1.165, 1.54) is 18.2 Å². The molecule has 4 nitrogen and oxygen atoms in total. The maximum atomic E-state index is 11.8. The van der Waals surface area contributed by atoms with Gasteiger partial charge in [0.05, 0.1) is 23.9 Å². The van der Waals surface area contributed by atoms with Gasteiger partial charge in [0.25, 0.3) is 0 Å². The van der Waals surface area contributed by atoms with E-state index in [1.54, 1.807) is 0 Å². The second kappa shape index (κ2) is 13.7. The summed E-state index contributed by atoms with van der Waals surface area (Å²) in [5, 5.41) is 12.8. The van der Waals surface area contributed by atoms with Gasteiger partial charge in [-0.15, -0.1) is 0 Å². The molecule has 0 unspecified atom stereocenters. The molecule has 5 rings (SSSR count). The van der Waals surface area contributed by atoms with Crippen molar-refractivity contribution in [1.82, 2.24) is 4.98 Å². The van der Waals surface area contributed by atoms with Crippen LogP contribution < -0.4 is 0 Å². The number of ether oxygens (including phenoxy) is 1. The highest BCUT2D eigenvalue weighted by Crippen LogP contribution is 2.54. The van der Waals surface area contributed by atoms with E-state index in [0.29, 0.717) is 11.4 Å². The van der Waals surface area contributed by atoms with Crippen molar-refractivity contribution in [3.05, 3.63) is 112 Å². The van der Waals surface area contributed by atoms with E-state index in [-0.39, 0.29) is 16.6 Å². The number of benzene rings is 3. The van der Waals surface area contributed by atoms with Gasteiger partial charge in [-0.2, -0.15) is 11.8 Å². The Morgan fingerprint density at radius 3 is 2.63 bits per heavy atom. The Bertz CT molecular complexity index is 1610. The summed E-state index contributed by atoms with van der Waals surface area (Å²) in [6.45, 7) is 3.70. The van der Waals surface area contributed by atoms with Gasteiger partial charge in [-0.25, -0.2) is 4.98 Å². The molecule has 4 aromatic rings. The topological polar surface area (TPSA) is 59.4 Å². The quantitative estimate of drug-likeness (QED) is 0.152. The molecule has 0 aliphatic heterocycles. The predicted octanol–water partition coefficient (Wildman–Crippen LogP) is 9.43. The third kappa shape index (κ3) is 8.50. The normalized spacial score (nSPS) is 15.1. The van der Waals surface area contributed by atoms with Crippen LogP contribution in [0, 0.1) is 5.41 Å². The lowest BCUT2D eigenvalue weighted by atomic mass is 9.90. The molecule has 1 fully saturated rings. The summed E-state index contributed by atoms with van der Waals surface area (Å²) < 4.78 is 4.91. The molecule has 6 heteroatoms. The number of halogens is 1. The molecule has 0 bridgehead atoms. The number of aliphatic hydroxyl groups is 1. The van der Waals surface area contributed by atoms with Gasteiger partial charge < -0.3 is 9.84 Å². The zero-order valence-electron chi connectivity index (χ0n) is 25.2. The summed E-state index contributed by atoms with van der Waals surface area (Å²) in [7, 11) is 1.46. The number of carbonyl (C=O) groups is 1. The molecule has 1 aromatic heterocycles. The van der Waals surface area contributed by atoms with Gasteiger partial charge in [0.2, 0.25) is 0 Å². The van der Waals surface area contributed by atoms with E-state index in [4.69, 9.17) is 21.3 Å². The lowest BCUT2D eigenvalue weighted by Gasteiger charge is -2.24. The standard InChI is InChI=1S/C37H40ClNO3S/c1-36(2,41)32-10-5-4-8-27(32)14-18-34(43-25-37(21-22-37)20-19-35(40)42-3)29-9-6-7-26(23-29)11-16-31-17-13-28-12-15-30(38)24-33(28)39-31/h4-13,15-17,23-24,34,41H,14,18-22,25H2,1-3H3/b16-11+/t34-/m0/s1. The molecular weight excluding hydrogens is 574 g/mol. The number of rotatable bonds is 13. The summed E-state index contributed by atoms with van der Waals surface area (Å²) in [6.07, 6.45) is 9.68. The molecule has 1 N–H and O–H groups in total. The number of aryl methyl sites for hydroxylation is 1. The van der Waals surface area contributed by atoms with Crippen LogP contribution in [0.3, 0.4) is 0 Å². The van der Waals surface area contributed by atoms with Crippen molar-refractivity contribution in [3.63, 3.8) is 0 Å². The summed E-state index contributed by atoms with van der Waals surface area (Å²) in [4.78, 5) is 16.6.